The molecular formula is C15H21N3O5S. The molecule has 1 aromatic rings. The second-order valence-corrected chi connectivity index (χ2v) is 7.86. The van der Waals surface area contributed by atoms with Gasteiger partial charge in [0, 0.05) is 19.8 Å². The van der Waals surface area contributed by atoms with Crippen molar-refractivity contribution >= 4 is 10.2 Å². The van der Waals surface area contributed by atoms with E-state index in [1.165, 1.54) is 18.4 Å². The smallest absolute Gasteiger partial charge is 0.305 e. The summed E-state index contributed by atoms with van der Waals surface area (Å²) in [6.07, 6.45) is -1.11. The van der Waals surface area contributed by atoms with E-state index >= 15 is 0 Å². The first kappa shape index (κ1) is 16.9. The third kappa shape index (κ3) is 2.79. The van der Waals surface area contributed by atoms with Crippen LogP contribution in [0.1, 0.15) is 18.6 Å². The molecule has 8 nitrogen and oxygen atoms in total. The van der Waals surface area contributed by atoms with Crippen molar-refractivity contribution in [1.29, 1.82) is 0 Å². The first-order valence-corrected chi connectivity index (χ1v) is 8.94. The third-order valence-electron chi connectivity index (χ3n) is 4.02. The van der Waals surface area contributed by atoms with Gasteiger partial charge in [0.1, 0.15) is 26.0 Å². The number of aliphatic hydroxyl groups excluding tert-OH is 1. The predicted molar refractivity (Wildman–Crippen MR) is 87.5 cm³/mol. The second kappa shape index (κ2) is 6.15. The molecule has 0 radical (unpaired) electrons. The summed E-state index contributed by atoms with van der Waals surface area (Å²) in [6, 6.07) is 5.10. The Labute approximate surface area is 141 Å². The number of ether oxygens (including phenoxy) is 2. The van der Waals surface area contributed by atoms with Crippen LogP contribution in [-0.2, 0) is 10.2 Å². The van der Waals surface area contributed by atoms with Gasteiger partial charge in [-0.25, -0.2) is 4.31 Å². The molecule has 0 aliphatic carbocycles. The molecule has 0 bridgehead atoms. The van der Waals surface area contributed by atoms with E-state index < -0.39 is 16.3 Å². The fourth-order valence-corrected chi connectivity index (χ4v) is 3.79. The number of nitrogens with zero attached hydrogens (tertiary/aromatic N) is 2. The Balaban J connectivity index is 1.96. The minimum Gasteiger partial charge on any atom is -0.486 e. The normalized spacial score (nSPS) is 18.8. The summed E-state index contributed by atoms with van der Waals surface area (Å²) in [7, 11) is -0.788. The highest BCUT2D eigenvalue weighted by Crippen LogP contribution is 2.37. The number of allylic oxidation sites excluding steroid dienone is 1. The minimum absolute atomic E-state index is 0.0866. The third-order valence-corrected chi connectivity index (χ3v) is 5.83. The lowest BCUT2D eigenvalue weighted by atomic mass is 10.0. The van der Waals surface area contributed by atoms with Crippen molar-refractivity contribution in [3.63, 3.8) is 0 Å². The standard InChI is InChI=1S/C15H21N3O5S/c1-10-14(18(9-16-10)24(20,21)17(2)3)15(19)11-4-5-12-13(8-11)23-7-6-22-12/h4-5,8,15-16,19H,6-7,9H2,1-3H3. The number of hydrogen-bond donors (Lipinski definition) is 2. The fourth-order valence-electron chi connectivity index (χ4n) is 2.69. The van der Waals surface area contributed by atoms with E-state index in [0.29, 0.717) is 41.7 Å². The van der Waals surface area contributed by atoms with Gasteiger partial charge in [0.25, 0.3) is 0 Å². The van der Waals surface area contributed by atoms with Crippen LogP contribution in [0.4, 0.5) is 0 Å². The van der Waals surface area contributed by atoms with Gasteiger partial charge >= 0.3 is 10.2 Å². The number of rotatable bonds is 4. The maximum Gasteiger partial charge on any atom is 0.305 e. The molecule has 1 aromatic carbocycles. The van der Waals surface area contributed by atoms with Crippen molar-refractivity contribution in [3.05, 3.63) is 35.2 Å². The molecular weight excluding hydrogens is 334 g/mol. The van der Waals surface area contributed by atoms with Crippen LogP contribution in [0, 0.1) is 0 Å². The van der Waals surface area contributed by atoms with E-state index in [-0.39, 0.29) is 6.67 Å². The molecule has 24 heavy (non-hydrogen) atoms. The van der Waals surface area contributed by atoms with Crippen molar-refractivity contribution < 1.29 is 23.0 Å². The van der Waals surface area contributed by atoms with Gasteiger partial charge in [-0.2, -0.15) is 12.7 Å². The van der Waals surface area contributed by atoms with Crippen molar-refractivity contribution in [1.82, 2.24) is 13.9 Å². The molecule has 2 aliphatic rings. The predicted octanol–water partition coefficient (Wildman–Crippen LogP) is 0.392. The van der Waals surface area contributed by atoms with Crippen LogP contribution in [0.2, 0.25) is 0 Å². The Morgan fingerprint density at radius 3 is 2.58 bits per heavy atom. The Hall–Kier alpha value is -1.97. The molecule has 0 aromatic heterocycles. The molecule has 1 unspecified atom stereocenters. The molecule has 2 aliphatic heterocycles. The SMILES string of the molecule is CC1=C(C(O)c2ccc3c(c2)OCCO3)N(S(=O)(=O)N(C)C)CN1. The average molecular weight is 355 g/mol. The minimum atomic E-state index is -3.70. The van der Waals surface area contributed by atoms with Gasteiger partial charge in [0.2, 0.25) is 0 Å². The van der Waals surface area contributed by atoms with E-state index in [1.54, 1.807) is 25.1 Å². The van der Waals surface area contributed by atoms with Crippen LogP contribution in [0.5, 0.6) is 11.5 Å². The van der Waals surface area contributed by atoms with Crippen molar-refractivity contribution in [2.75, 3.05) is 34.0 Å². The van der Waals surface area contributed by atoms with Crippen molar-refractivity contribution in [3.8, 4) is 11.5 Å². The van der Waals surface area contributed by atoms with Crippen LogP contribution in [0.3, 0.4) is 0 Å². The Morgan fingerprint density at radius 1 is 1.25 bits per heavy atom. The van der Waals surface area contributed by atoms with Gasteiger partial charge in [-0.1, -0.05) is 6.07 Å². The van der Waals surface area contributed by atoms with Crippen LogP contribution < -0.4 is 14.8 Å². The fraction of sp³-hybridized carbons (Fsp3) is 0.467. The summed E-state index contributed by atoms with van der Waals surface area (Å²) in [4.78, 5) is 0. The van der Waals surface area contributed by atoms with E-state index in [2.05, 4.69) is 5.32 Å². The van der Waals surface area contributed by atoms with Crippen LogP contribution in [-0.4, -0.2) is 56.1 Å². The average Bonchev–Trinajstić information content (AvgIpc) is 2.95. The molecule has 0 spiro atoms. The Morgan fingerprint density at radius 2 is 1.92 bits per heavy atom. The summed E-state index contributed by atoms with van der Waals surface area (Å²) in [5.74, 6) is 1.16. The molecule has 132 valence electrons. The molecule has 3 rings (SSSR count). The number of hydrogen-bond acceptors (Lipinski definition) is 6. The van der Waals surface area contributed by atoms with Crippen molar-refractivity contribution in [2.45, 2.75) is 13.0 Å². The number of aliphatic hydroxyl groups is 1. The highest BCUT2D eigenvalue weighted by molar-refractivity contribution is 7.86. The van der Waals surface area contributed by atoms with E-state index in [0.717, 1.165) is 4.31 Å². The van der Waals surface area contributed by atoms with Gasteiger partial charge < -0.3 is 19.9 Å². The van der Waals surface area contributed by atoms with Gasteiger partial charge in [-0.05, 0) is 24.6 Å². The molecule has 2 N–H and O–H groups in total. The lowest BCUT2D eigenvalue weighted by Crippen LogP contribution is -2.40. The summed E-state index contributed by atoms with van der Waals surface area (Å²) in [5, 5.41) is 13.8. The van der Waals surface area contributed by atoms with Gasteiger partial charge in [-0.15, -0.1) is 0 Å². The van der Waals surface area contributed by atoms with Crippen molar-refractivity contribution in [2.24, 2.45) is 0 Å². The zero-order chi connectivity index (χ0) is 17.5. The van der Waals surface area contributed by atoms with E-state index in [4.69, 9.17) is 9.47 Å². The second-order valence-electron chi connectivity index (χ2n) is 5.79. The monoisotopic (exact) mass is 355 g/mol. The largest absolute Gasteiger partial charge is 0.486 e. The maximum absolute atomic E-state index is 12.5. The maximum atomic E-state index is 12.5. The van der Waals surface area contributed by atoms with Gasteiger partial charge in [0.15, 0.2) is 11.5 Å². The zero-order valence-electron chi connectivity index (χ0n) is 13.8. The highest BCUT2D eigenvalue weighted by Gasteiger charge is 2.36. The topological polar surface area (TPSA) is 91.3 Å². The van der Waals surface area contributed by atoms with E-state index in [9.17, 15) is 13.5 Å². The highest BCUT2D eigenvalue weighted by atomic mass is 32.2. The Bertz CT molecular complexity index is 775. The summed E-state index contributed by atoms with van der Waals surface area (Å²) in [5.41, 5.74) is 1.46. The summed E-state index contributed by atoms with van der Waals surface area (Å²) < 4.78 is 38.2. The molecule has 0 saturated heterocycles. The lowest BCUT2D eigenvalue weighted by Gasteiger charge is -2.27. The lowest BCUT2D eigenvalue weighted by molar-refractivity contribution is 0.167. The number of benzene rings is 1. The van der Waals surface area contributed by atoms with E-state index in [1.807, 2.05) is 0 Å². The quantitative estimate of drug-likeness (QED) is 0.812. The Kier molecular flexibility index (Phi) is 4.33. The first-order chi connectivity index (χ1) is 11.3. The molecule has 1 atom stereocenters. The van der Waals surface area contributed by atoms with Gasteiger partial charge in [0.05, 0.1) is 5.70 Å². The zero-order valence-corrected chi connectivity index (χ0v) is 14.6. The summed E-state index contributed by atoms with van der Waals surface area (Å²) >= 11 is 0. The first-order valence-electron chi connectivity index (χ1n) is 7.55. The number of fused-ring (bicyclic) bond motifs is 1. The molecule has 0 amide bonds. The molecule has 2 heterocycles. The summed E-state index contributed by atoms with van der Waals surface area (Å²) in [6.45, 7) is 2.75. The molecule has 9 heteroatoms. The van der Waals surface area contributed by atoms with Crippen LogP contribution in [0.25, 0.3) is 0 Å². The molecule has 0 saturated carbocycles. The van der Waals surface area contributed by atoms with Crippen LogP contribution in [0.15, 0.2) is 29.6 Å². The molecule has 0 fully saturated rings. The number of nitrogens with one attached hydrogen (secondary N) is 1. The van der Waals surface area contributed by atoms with Crippen LogP contribution >= 0.6 is 0 Å². The van der Waals surface area contributed by atoms with Gasteiger partial charge in [-0.3, -0.25) is 0 Å².